The SMILES string of the molecule is CC(C)COc1cccc(C(=O)OCC(=O)N2CCC(c3ccccc3)=N2)c1. The van der Waals surface area contributed by atoms with Gasteiger partial charge in [0.15, 0.2) is 6.61 Å². The monoisotopic (exact) mass is 380 g/mol. The van der Waals surface area contributed by atoms with Crippen molar-refractivity contribution in [3.05, 3.63) is 65.7 Å². The number of esters is 1. The van der Waals surface area contributed by atoms with Gasteiger partial charge in [-0.2, -0.15) is 5.10 Å². The molecule has 0 fully saturated rings. The second-order valence-electron chi connectivity index (χ2n) is 6.99. The Bertz CT molecular complexity index is 862. The smallest absolute Gasteiger partial charge is 0.338 e. The number of nitrogens with zero attached hydrogens (tertiary/aromatic N) is 2. The maximum Gasteiger partial charge on any atom is 0.338 e. The van der Waals surface area contributed by atoms with Gasteiger partial charge in [-0.15, -0.1) is 0 Å². The standard InChI is InChI=1S/C22H24N2O4/c1-16(2)14-27-19-10-6-9-18(13-19)22(26)28-15-21(25)24-12-11-20(23-24)17-7-4-3-5-8-17/h3-10,13,16H,11-12,14-15H2,1-2H3. The number of rotatable bonds is 7. The van der Waals surface area contributed by atoms with Crippen LogP contribution in [0.3, 0.4) is 0 Å². The zero-order valence-electron chi connectivity index (χ0n) is 16.1. The van der Waals surface area contributed by atoms with Crippen molar-refractivity contribution >= 4 is 17.6 Å². The number of hydrogen-bond donors (Lipinski definition) is 0. The van der Waals surface area contributed by atoms with Crippen molar-refractivity contribution in [2.75, 3.05) is 19.8 Å². The third-order valence-corrected chi connectivity index (χ3v) is 4.18. The Kier molecular flexibility index (Phi) is 6.42. The van der Waals surface area contributed by atoms with Gasteiger partial charge in [-0.05, 0) is 29.7 Å². The average molecular weight is 380 g/mol. The van der Waals surface area contributed by atoms with E-state index in [1.165, 1.54) is 5.01 Å². The summed E-state index contributed by atoms with van der Waals surface area (Å²) in [6, 6.07) is 16.5. The van der Waals surface area contributed by atoms with Gasteiger partial charge in [-0.25, -0.2) is 9.80 Å². The summed E-state index contributed by atoms with van der Waals surface area (Å²) in [7, 11) is 0. The van der Waals surface area contributed by atoms with Gasteiger partial charge in [-0.3, -0.25) is 4.79 Å². The Balaban J connectivity index is 1.54. The number of carbonyl (C=O) groups excluding carboxylic acids is 2. The molecule has 0 aliphatic carbocycles. The van der Waals surface area contributed by atoms with Gasteiger partial charge in [0.05, 0.1) is 24.4 Å². The molecule has 0 spiro atoms. The maximum absolute atomic E-state index is 12.3. The van der Waals surface area contributed by atoms with Crippen molar-refractivity contribution in [1.29, 1.82) is 0 Å². The van der Waals surface area contributed by atoms with Crippen LogP contribution in [0.4, 0.5) is 0 Å². The molecule has 1 amide bonds. The van der Waals surface area contributed by atoms with E-state index in [-0.39, 0.29) is 12.5 Å². The second-order valence-corrected chi connectivity index (χ2v) is 6.99. The molecule has 1 aliphatic heterocycles. The molecule has 6 nitrogen and oxygen atoms in total. The maximum atomic E-state index is 12.3. The van der Waals surface area contributed by atoms with Crippen LogP contribution in [-0.2, 0) is 9.53 Å². The molecule has 6 heteroatoms. The number of benzene rings is 2. The Morgan fingerprint density at radius 2 is 1.89 bits per heavy atom. The number of ether oxygens (including phenoxy) is 2. The highest BCUT2D eigenvalue weighted by atomic mass is 16.5. The molecule has 3 rings (SSSR count). The molecule has 1 heterocycles. The average Bonchev–Trinajstić information content (AvgIpc) is 3.21. The van der Waals surface area contributed by atoms with Crippen LogP contribution >= 0.6 is 0 Å². The lowest BCUT2D eigenvalue weighted by molar-refractivity contribution is -0.134. The topological polar surface area (TPSA) is 68.2 Å². The molecular weight excluding hydrogens is 356 g/mol. The molecule has 0 aromatic heterocycles. The van der Waals surface area contributed by atoms with Gasteiger partial charge < -0.3 is 9.47 Å². The summed E-state index contributed by atoms with van der Waals surface area (Å²) in [6.45, 7) is 4.80. The van der Waals surface area contributed by atoms with Gasteiger partial charge in [0.25, 0.3) is 5.91 Å². The van der Waals surface area contributed by atoms with Crippen LogP contribution in [0.1, 0.15) is 36.2 Å². The van der Waals surface area contributed by atoms with Gasteiger partial charge in [0.1, 0.15) is 5.75 Å². The highest BCUT2D eigenvalue weighted by Crippen LogP contribution is 2.16. The summed E-state index contributed by atoms with van der Waals surface area (Å²) in [5.74, 6) is 0.0856. The first-order chi connectivity index (χ1) is 13.5. The molecule has 146 valence electrons. The summed E-state index contributed by atoms with van der Waals surface area (Å²) >= 11 is 0. The zero-order chi connectivity index (χ0) is 19.9. The fraction of sp³-hybridized carbons (Fsp3) is 0.318. The summed E-state index contributed by atoms with van der Waals surface area (Å²) < 4.78 is 10.8. The molecular formula is C22H24N2O4. The summed E-state index contributed by atoms with van der Waals surface area (Å²) in [4.78, 5) is 24.6. The molecule has 2 aromatic rings. The van der Waals surface area contributed by atoms with Crippen LogP contribution in [0.2, 0.25) is 0 Å². The molecule has 0 atom stereocenters. The lowest BCUT2D eigenvalue weighted by atomic mass is 10.1. The lowest BCUT2D eigenvalue weighted by Crippen LogP contribution is -2.28. The molecule has 0 saturated heterocycles. The van der Waals surface area contributed by atoms with Gasteiger partial charge in [0, 0.05) is 6.42 Å². The second kappa shape index (κ2) is 9.17. The fourth-order valence-electron chi connectivity index (χ4n) is 2.73. The van der Waals surface area contributed by atoms with E-state index in [1.54, 1.807) is 24.3 Å². The molecule has 0 saturated carbocycles. The molecule has 28 heavy (non-hydrogen) atoms. The van der Waals surface area contributed by atoms with Crippen LogP contribution in [0.15, 0.2) is 59.7 Å². The predicted molar refractivity (Wildman–Crippen MR) is 106 cm³/mol. The van der Waals surface area contributed by atoms with Gasteiger partial charge >= 0.3 is 5.97 Å². The van der Waals surface area contributed by atoms with Crippen LogP contribution in [-0.4, -0.2) is 42.4 Å². The van der Waals surface area contributed by atoms with E-state index in [4.69, 9.17) is 9.47 Å². The first-order valence-corrected chi connectivity index (χ1v) is 9.36. The van der Waals surface area contributed by atoms with Gasteiger partial charge in [-0.1, -0.05) is 50.2 Å². The Morgan fingerprint density at radius 3 is 2.64 bits per heavy atom. The number of hydrazone groups is 1. The van der Waals surface area contributed by atoms with E-state index in [9.17, 15) is 9.59 Å². The third-order valence-electron chi connectivity index (χ3n) is 4.18. The molecule has 0 bridgehead atoms. The van der Waals surface area contributed by atoms with E-state index in [0.29, 0.717) is 36.8 Å². The van der Waals surface area contributed by atoms with Crippen LogP contribution < -0.4 is 4.74 Å². The molecule has 0 N–H and O–H groups in total. The van der Waals surface area contributed by atoms with Crippen LogP contribution in [0.25, 0.3) is 0 Å². The molecule has 0 unspecified atom stereocenters. The minimum Gasteiger partial charge on any atom is -0.493 e. The van der Waals surface area contributed by atoms with Crippen molar-refractivity contribution in [2.45, 2.75) is 20.3 Å². The largest absolute Gasteiger partial charge is 0.493 e. The van der Waals surface area contributed by atoms with Crippen molar-refractivity contribution < 1.29 is 19.1 Å². The quantitative estimate of drug-likeness (QED) is 0.690. The highest BCUT2D eigenvalue weighted by molar-refractivity contribution is 6.02. The van der Waals surface area contributed by atoms with E-state index >= 15 is 0 Å². The van der Waals surface area contributed by atoms with Crippen molar-refractivity contribution in [3.8, 4) is 5.75 Å². The Hall–Kier alpha value is -3.15. The van der Waals surface area contributed by atoms with Crippen LogP contribution in [0.5, 0.6) is 5.75 Å². The lowest BCUT2D eigenvalue weighted by Gasteiger charge is -2.12. The highest BCUT2D eigenvalue weighted by Gasteiger charge is 2.22. The number of amides is 1. The van der Waals surface area contributed by atoms with E-state index < -0.39 is 5.97 Å². The Labute approximate surface area is 164 Å². The predicted octanol–water partition coefficient (Wildman–Crippen LogP) is 3.51. The van der Waals surface area contributed by atoms with Crippen molar-refractivity contribution in [2.24, 2.45) is 11.0 Å². The van der Waals surface area contributed by atoms with Gasteiger partial charge in [0.2, 0.25) is 0 Å². The van der Waals surface area contributed by atoms with Crippen molar-refractivity contribution in [1.82, 2.24) is 5.01 Å². The number of carbonyl (C=O) groups is 2. The number of hydrogen-bond acceptors (Lipinski definition) is 5. The van der Waals surface area contributed by atoms with E-state index in [0.717, 1.165) is 11.3 Å². The molecule has 0 radical (unpaired) electrons. The minimum atomic E-state index is -0.560. The normalized spacial score (nSPS) is 13.4. The molecule has 2 aromatic carbocycles. The minimum absolute atomic E-state index is 0.341. The van der Waals surface area contributed by atoms with E-state index in [2.05, 4.69) is 5.10 Å². The Morgan fingerprint density at radius 1 is 1.11 bits per heavy atom. The van der Waals surface area contributed by atoms with Crippen molar-refractivity contribution in [3.63, 3.8) is 0 Å². The first kappa shape index (κ1) is 19.6. The summed E-state index contributed by atoms with van der Waals surface area (Å²) in [5.41, 5.74) is 2.20. The fourth-order valence-corrected chi connectivity index (χ4v) is 2.73. The summed E-state index contributed by atoms with van der Waals surface area (Å²) in [6.07, 6.45) is 0.679. The molecule has 1 aliphatic rings. The van der Waals surface area contributed by atoms with E-state index in [1.807, 2.05) is 44.2 Å². The zero-order valence-corrected chi connectivity index (χ0v) is 16.1. The third kappa shape index (κ3) is 5.19. The van der Waals surface area contributed by atoms with Crippen LogP contribution in [0, 0.1) is 5.92 Å². The first-order valence-electron chi connectivity index (χ1n) is 9.36. The summed E-state index contributed by atoms with van der Waals surface area (Å²) in [5, 5.41) is 5.71.